The summed E-state index contributed by atoms with van der Waals surface area (Å²) in [5.41, 5.74) is -1.28. The molecule has 4 aliphatic rings. The van der Waals surface area contributed by atoms with Crippen molar-refractivity contribution in [2.75, 3.05) is 43.0 Å². The molecule has 3 saturated heterocycles. The number of morpholine rings is 1. The minimum atomic E-state index is -1.47. The van der Waals surface area contributed by atoms with Crippen LogP contribution >= 0.6 is 0 Å². The number of nitrogens with zero attached hydrogens (tertiary/aromatic N) is 5. The predicted octanol–water partition coefficient (Wildman–Crippen LogP) is 3.35. The van der Waals surface area contributed by atoms with Crippen molar-refractivity contribution >= 4 is 23.6 Å². The molecule has 0 saturated carbocycles. The molecule has 3 fully saturated rings. The van der Waals surface area contributed by atoms with Crippen LogP contribution in [0.4, 0.5) is 29.6 Å². The van der Waals surface area contributed by atoms with E-state index in [1.54, 1.807) is 24.0 Å². The summed E-state index contributed by atoms with van der Waals surface area (Å²) in [6.45, 7) is 4.28. The second kappa shape index (κ2) is 10.4. The molecule has 230 valence electrons. The molecule has 44 heavy (non-hydrogen) atoms. The number of amides is 3. The van der Waals surface area contributed by atoms with Crippen LogP contribution in [0.5, 0.6) is 0 Å². The molecule has 2 bridgehead atoms. The average Bonchev–Trinajstić information content (AvgIpc) is 3.64. The minimum Gasteiger partial charge on any atom is -0.392 e. The fourth-order valence-corrected chi connectivity index (χ4v) is 6.80. The molecule has 7 rings (SSSR count). The molecule has 6 heterocycles. The standard InChI is InChI=1S/C31H31F3N6O4/c1-16-23(32)5-4-22(26(16)33)31(2)15-40(24-6-3-17(13-41)8-35-24)29(42)21-9-36-28(27(34)25(21)31)37-18-10-38(11-18)30(43)39-12-20-7-19(39)14-44-20/h3-6,8-9,18-20,41H,7,10-15H2,1-2H3,(H,36,37)/t19-,20-,31-/m0/s1. The van der Waals surface area contributed by atoms with Gasteiger partial charge in [-0.15, -0.1) is 0 Å². The maximum atomic E-state index is 16.5. The van der Waals surface area contributed by atoms with Crippen LogP contribution in [0.15, 0.2) is 36.7 Å². The summed E-state index contributed by atoms with van der Waals surface area (Å²) >= 11 is 0. The number of aromatic nitrogens is 2. The SMILES string of the molecule is Cc1c(F)ccc([C@]2(C)CN(c3ccc(CO)cn3)C(=O)c3cnc(NC4CN(C(=O)N5C[C@@H]6C[C@H]5CO6)C4)c(F)c32)c1F. The van der Waals surface area contributed by atoms with E-state index in [0.29, 0.717) is 31.8 Å². The molecular formula is C31H31F3N6O4. The molecule has 2 aromatic heterocycles. The second-order valence-corrected chi connectivity index (χ2v) is 12.2. The Morgan fingerprint density at radius 1 is 1.11 bits per heavy atom. The number of fused-ring (bicyclic) bond motifs is 3. The van der Waals surface area contributed by atoms with Gasteiger partial charge in [-0.3, -0.25) is 9.69 Å². The molecule has 3 atom stereocenters. The Morgan fingerprint density at radius 3 is 2.57 bits per heavy atom. The number of anilines is 2. The van der Waals surface area contributed by atoms with E-state index in [0.717, 1.165) is 12.5 Å². The van der Waals surface area contributed by atoms with E-state index in [9.17, 15) is 19.1 Å². The number of halogens is 3. The molecule has 10 nitrogen and oxygen atoms in total. The van der Waals surface area contributed by atoms with Gasteiger partial charge in [-0.2, -0.15) is 0 Å². The predicted molar refractivity (Wildman–Crippen MR) is 153 cm³/mol. The zero-order valence-electron chi connectivity index (χ0n) is 24.2. The molecule has 0 unspecified atom stereocenters. The first-order valence-corrected chi connectivity index (χ1v) is 14.5. The van der Waals surface area contributed by atoms with Gasteiger partial charge in [0, 0.05) is 60.7 Å². The number of aliphatic hydroxyl groups excluding tert-OH is 1. The van der Waals surface area contributed by atoms with E-state index in [2.05, 4.69) is 15.3 Å². The molecule has 3 amide bonds. The number of hydrogen-bond acceptors (Lipinski definition) is 7. The lowest BCUT2D eigenvalue weighted by Gasteiger charge is -2.44. The van der Waals surface area contributed by atoms with Crippen LogP contribution < -0.4 is 10.2 Å². The average molecular weight is 609 g/mol. The van der Waals surface area contributed by atoms with E-state index in [4.69, 9.17) is 4.74 Å². The number of pyridine rings is 2. The van der Waals surface area contributed by atoms with E-state index in [1.807, 2.05) is 4.90 Å². The van der Waals surface area contributed by atoms with Crippen LogP contribution in [0.2, 0.25) is 0 Å². The monoisotopic (exact) mass is 608 g/mol. The molecule has 2 N–H and O–H groups in total. The van der Waals surface area contributed by atoms with Gasteiger partial charge in [0.05, 0.1) is 37.0 Å². The molecule has 3 aromatic rings. The second-order valence-electron chi connectivity index (χ2n) is 12.2. The fraction of sp³-hybridized carbons (Fsp3) is 0.419. The van der Waals surface area contributed by atoms with E-state index in [-0.39, 0.29) is 71.3 Å². The van der Waals surface area contributed by atoms with Gasteiger partial charge in [0.2, 0.25) is 0 Å². The summed E-state index contributed by atoms with van der Waals surface area (Å²) in [5, 5.41) is 12.5. The van der Waals surface area contributed by atoms with Gasteiger partial charge in [0.1, 0.15) is 17.5 Å². The summed E-state index contributed by atoms with van der Waals surface area (Å²) < 4.78 is 52.2. The quantitative estimate of drug-likeness (QED) is 0.457. The Morgan fingerprint density at radius 2 is 1.91 bits per heavy atom. The highest BCUT2D eigenvalue weighted by Gasteiger charge is 2.48. The van der Waals surface area contributed by atoms with Crippen LogP contribution in [-0.4, -0.2) is 87.8 Å². The van der Waals surface area contributed by atoms with Crippen molar-refractivity contribution < 1.29 is 32.6 Å². The first-order valence-electron chi connectivity index (χ1n) is 14.5. The van der Waals surface area contributed by atoms with E-state index >= 15 is 8.78 Å². The van der Waals surface area contributed by atoms with Crippen molar-refractivity contribution in [2.24, 2.45) is 0 Å². The van der Waals surface area contributed by atoms with E-state index in [1.165, 1.54) is 30.3 Å². The van der Waals surface area contributed by atoms with Crippen LogP contribution in [0.1, 0.15) is 46.0 Å². The number of nitrogens with one attached hydrogen (secondary N) is 1. The van der Waals surface area contributed by atoms with Crippen molar-refractivity contribution in [2.45, 2.75) is 50.5 Å². The van der Waals surface area contributed by atoms with Crippen LogP contribution in [-0.2, 0) is 16.8 Å². The zero-order chi connectivity index (χ0) is 30.9. The third kappa shape index (κ3) is 4.40. The number of benzene rings is 1. The van der Waals surface area contributed by atoms with Crippen molar-refractivity contribution in [3.8, 4) is 0 Å². The molecule has 4 aliphatic heterocycles. The van der Waals surface area contributed by atoms with Crippen molar-refractivity contribution in [1.29, 1.82) is 0 Å². The summed E-state index contributed by atoms with van der Waals surface area (Å²) in [4.78, 5) is 40.1. The van der Waals surface area contributed by atoms with Crippen molar-refractivity contribution in [3.63, 3.8) is 0 Å². The van der Waals surface area contributed by atoms with Crippen molar-refractivity contribution in [3.05, 3.63) is 81.9 Å². The number of likely N-dealkylation sites (tertiary alicyclic amines) is 2. The highest BCUT2D eigenvalue weighted by molar-refractivity contribution is 6.08. The summed E-state index contributed by atoms with van der Waals surface area (Å²) in [7, 11) is 0. The minimum absolute atomic E-state index is 0.0162. The Bertz CT molecular complexity index is 1670. The van der Waals surface area contributed by atoms with Gasteiger partial charge in [-0.25, -0.2) is 27.9 Å². The maximum absolute atomic E-state index is 16.5. The number of carbonyl (C=O) groups excluding carboxylic acids is 2. The molecule has 0 aliphatic carbocycles. The molecule has 0 radical (unpaired) electrons. The normalized spacial score (nSPS) is 24.5. The van der Waals surface area contributed by atoms with Gasteiger partial charge < -0.3 is 25.0 Å². The topological polar surface area (TPSA) is 111 Å². The molecule has 1 aromatic carbocycles. The summed E-state index contributed by atoms with van der Waals surface area (Å²) in [6.07, 6.45) is 3.61. The molecular weight excluding hydrogens is 577 g/mol. The van der Waals surface area contributed by atoms with Gasteiger partial charge in [-0.05, 0) is 38.0 Å². The van der Waals surface area contributed by atoms with Gasteiger partial charge in [0.25, 0.3) is 5.91 Å². The summed E-state index contributed by atoms with van der Waals surface area (Å²) in [6, 6.07) is 5.29. The van der Waals surface area contributed by atoms with E-state index < -0.39 is 28.8 Å². The first-order chi connectivity index (χ1) is 21.1. The number of carbonyl (C=O) groups is 2. The Hall–Kier alpha value is -4.23. The lowest BCUT2D eigenvalue weighted by Crippen LogP contribution is -2.61. The number of rotatable bonds is 5. The van der Waals surface area contributed by atoms with Crippen LogP contribution in [0.25, 0.3) is 0 Å². The highest BCUT2D eigenvalue weighted by Crippen LogP contribution is 2.44. The highest BCUT2D eigenvalue weighted by atomic mass is 19.1. The number of aliphatic hydroxyl groups is 1. The van der Waals surface area contributed by atoms with Gasteiger partial charge in [-0.1, -0.05) is 12.1 Å². The Balaban J connectivity index is 1.21. The lowest BCUT2D eigenvalue weighted by atomic mass is 9.71. The van der Waals surface area contributed by atoms with Crippen molar-refractivity contribution in [1.82, 2.24) is 19.8 Å². The first kappa shape index (κ1) is 28.5. The number of ether oxygens (including phenoxy) is 1. The smallest absolute Gasteiger partial charge is 0.320 e. The molecule has 0 spiro atoms. The fourth-order valence-electron chi connectivity index (χ4n) is 6.80. The third-order valence-corrected chi connectivity index (χ3v) is 9.34. The summed E-state index contributed by atoms with van der Waals surface area (Å²) in [5.74, 6) is -2.87. The largest absolute Gasteiger partial charge is 0.392 e. The Kier molecular flexibility index (Phi) is 6.77. The van der Waals surface area contributed by atoms with Crippen LogP contribution in [0.3, 0.4) is 0 Å². The zero-order valence-corrected chi connectivity index (χ0v) is 24.2. The number of hydrogen-bond donors (Lipinski definition) is 2. The molecule has 13 heteroatoms. The Labute approximate surface area is 251 Å². The maximum Gasteiger partial charge on any atom is 0.320 e. The third-order valence-electron chi connectivity index (χ3n) is 9.34. The van der Waals surface area contributed by atoms with Crippen LogP contribution in [0, 0.1) is 24.4 Å². The lowest BCUT2D eigenvalue weighted by molar-refractivity contribution is 0.0303. The van der Waals surface area contributed by atoms with Gasteiger partial charge >= 0.3 is 6.03 Å². The number of urea groups is 1. The van der Waals surface area contributed by atoms with Gasteiger partial charge in [0.15, 0.2) is 11.6 Å².